The number of aromatic nitrogens is 2. The van der Waals surface area contributed by atoms with E-state index in [-0.39, 0.29) is 5.92 Å². The van der Waals surface area contributed by atoms with Crippen LogP contribution in [0.15, 0.2) is 12.4 Å². The van der Waals surface area contributed by atoms with Crippen LogP contribution >= 0.6 is 0 Å². The summed E-state index contributed by atoms with van der Waals surface area (Å²) in [6, 6.07) is 0. The molecule has 0 aliphatic rings. The van der Waals surface area contributed by atoms with Crippen molar-refractivity contribution in [3.8, 4) is 5.88 Å². The van der Waals surface area contributed by atoms with Crippen LogP contribution in [0.3, 0.4) is 0 Å². The van der Waals surface area contributed by atoms with E-state index in [1.54, 1.807) is 19.3 Å². The molecule has 0 aliphatic heterocycles. The summed E-state index contributed by atoms with van der Waals surface area (Å²) in [6.45, 7) is 5.56. The van der Waals surface area contributed by atoms with Crippen molar-refractivity contribution in [3.05, 3.63) is 18.1 Å². The van der Waals surface area contributed by atoms with E-state index < -0.39 is 5.60 Å². The fourth-order valence-corrected chi connectivity index (χ4v) is 1.10. The molecule has 1 N–H and O–H groups in total. The van der Waals surface area contributed by atoms with Gasteiger partial charge in [0.05, 0.1) is 7.11 Å². The second-order valence-corrected chi connectivity index (χ2v) is 3.72. The van der Waals surface area contributed by atoms with Crippen molar-refractivity contribution in [2.24, 2.45) is 5.92 Å². The summed E-state index contributed by atoms with van der Waals surface area (Å²) >= 11 is 0. The molecule has 4 heteroatoms. The predicted octanol–water partition coefficient (Wildman–Crippen LogP) is 1.35. The zero-order chi connectivity index (χ0) is 10.8. The predicted molar refractivity (Wildman–Crippen MR) is 53.0 cm³/mol. The molecule has 1 aromatic rings. The van der Waals surface area contributed by atoms with Crippen LogP contribution in [0, 0.1) is 5.92 Å². The van der Waals surface area contributed by atoms with E-state index in [2.05, 4.69) is 9.97 Å². The van der Waals surface area contributed by atoms with Gasteiger partial charge in [0, 0.05) is 12.4 Å². The number of hydrogen-bond acceptors (Lipinski definition) is 4. The Bertz CT molecular complexity index is 311. The second-order valence-electron chi connectivity index (χ2n) is 3.72. The van der Waals surface area contributed by atoms with Gasteiger partial charge in [-0.3, -0.25) is 4.98 Å². The molecule has 0 spiro atoms. The number of methoxy groups -OCH3 is 1. The molecule has 1 rings (SSSR count). The average Bonchev–Trinajstić information content (AvgIpc) is 2.17. The van der Waals surface area contributed by atoms with Gasteiger partial charge >= 0.3 is 0 Å². The molecule has 0 fully saturated rings. The van der Waals surface area contributed by atoms with Gasteiger partial charge in [-0.05, 0) is 12.8 Å². The highest BCUT2D eigenvalue weighted by Gasteiger charge is 2.32. The van der Waals surface area contributed by atoms with Crippen molar-refractivity contribution in [3.63, 3.8) is 0 Å². The van der Waals surface area contributed by atoms with Gasteiger partial charge in [0.15, 0.2) is 0 Å². The molecule has 0 bridgehead atoms. The van der Waals surface area contributed by atoms with Crippen LogP contribution in [0.1, 0.15) is 26.5 Å². The van der Waals surface area contributed by atoms with Crippen LogP contribution in [0.5, 0.6) is 5.88 Å². The van der Waals surface area contributed by atoms with Crippen molar-refractivity contribution >= 4 is 0 Å². The van der Waals surface area contributed by atoms with E-state index in [9.17, 15) is 5.11 Å². The smallest absolute Gasteiger partial charge is 0.238 e. The van der Waals surface area contributed by atoms with Gasteiger partial charge < -0.3 is 9.84 Å². The van der Waals surface area contributed by atoms with E-state index in [4.69, 9.17) is 4.74 Å². The maximum absolute atomic E-state index is 10.2. The van der Waals surface area contributed by atoms with Crippen molar-refractivity contribution < 1.29 is 9.84 Å². The highest BCUT2D eigenvalue weighted by molar-refractivity contribution is 5.24. The minimum absolute atomic E-state index is 0.0492. The lowest BCUT2D eigenvalue weighted by Gasteiger charge is -2.27. The van der Waals surface area contributed by atoms with Crippen molar-refractivity contribution in [1.29, 1.82) is 0 Å². The van der Waals surface area contributed by atoms with Crippen molar-refractivity contribution in [2.75, 3.05) is 7.11 Å². The first-order valence-corrected chi connectivity index (χ1v) is 4.58. The van der Waals surface area contributed by atoms with Crippen LogP contribution < -0.4 is 4.74 Å². The van der Waals surface area contributed by atoms with Crippen LogP contribution in [0.4, 0.5) is 0 Å². The van der Waals surface area contributed by atoms with Crippen molar-refractivity contribution in [2.45, 2.75) is 26.4 Å². The summed E-state index contributed by atoms with van der Waals surface area (Å²) in [5.41, 5.74) is -0.530. The van der Waals surface area contributed by atoms with Gasteiger partial charge in [-0.1, -0.05) is 13.8 Å². The molecule has 0 amide bonds. The molecule has 4 nitrogen and oxygen atoms in total. The van der Waals surface area contributed by atoms with Crippen LogP contribution in [0.2, 0.25) is 0 Å². The molecule has 0 aromatic carbocycles. The van der Waals surface area contributed by atoms with Crippen molar-refractivity contribution in [1.82, 2.24) is 9.97 Å². The molecule has 14 heavy (non-hydrogen) atoms. The summed E-state index contributed by atoms with van der Waals surface area (Å²) < 4.78 is 5.05. The summed E-state index contributed by atoms with van der Waals surface area (Å²) in [7, 11) is 1.52. The summed E-state index contributed by atoms with van der Waals surface area (Å²) in [5, 5.41) is 10.2. The number of rotatable bonds is 3. The number of hydrogen-bond donors (Lipinski definition) is 1. The Morgan fingerprint density at radius 3 is 2.43 bits per heavy atom. The van der Waals surface area contributed by atoms with E-state index >= 15 is 0 Å². The molecule has 1 aromatic heterocycles. The van der Waals surface area contributed by atoms with E-state index in [1.807, 2.05) is 13.8 Å². The fourth-order valence-electron chi connectivity index (χ4n) is 1.10. The molecular formula is C10H16N2O2. The molecule has 0 aliphatic carbocycles. The fraction of sp³-hybridized carbons (Fsp3) is 0.600. The Kier molecular flexibility index (Phi) is 3.06. The Balaban J connectivity index is 3.17. The first kappa shape index (κ1) is 10.9. The Morgan fingerprint density at radius 1 is 1.36 bits per heavy atom. The molecule has 1 heterocycles. The van der Waals surface area contributed by atoms with Gasteiger partial charge in [0.1, 0.15) is 11.3 Å². The molecule has 0 radical (unpaired) electrons. The lowest BCUT2D eigenvalue weighted by molar-refractivity contribution is 0.00202. The first-order valence-electron chi connectivity index (χ1n) is 4.58. The molecule has 1 unspecified atom stereocenters. The van der Waals surface area contributed by atoms with E-state index in [1.165, 1.54) is 7.11 Å². The molecular weight excluding hydrogens is 180 g/mol. The standard InChI is InChI=1S/C10H16N2O2/c1-7(2)10(3,13)8-9(14-4)12-6-5-11-8/h5-7,13H,1-4H3. The molecule has 0 saturated carbocycles. The third kappa shape index (κ3) is 1.85. The summed E-state index contributed by atoms with van der Waals surface area (Å²) in [6.07, 6.45) is 3.09. The SMILES string of the molecule is COc1nccnc1C(C)(O)C(C)C. The Hall–Kier alpha value is -1.16. The third-order valence-corrected chi connectivity index (χ3v) is 2.46. The largest absolute Gasteiger partial charge is 0.480 e. The van der Waals surface area contributed by atoms with Crippen LogP contribution in [0.25, 0.3) is 0 Å². The minimum atomic E-state index is -1.01. The topological polar surface area (TPSA) is 55.2 Å². The maximum Gasteiger partial charge on any atom is 0.238 e. The first-order chi connectivity index (χ1) is 6.50. The number of ether oxygens (including phenoxy) is 1. The molecule has 1 atom stereocenters. The van der Waals surface area contributed by atoms with Crippen LogP contribution in [-0.4, -0.2) is 22.2 Å². The maximum atomic E-state index is 10.2. The average molecular weight is 196 g/mol. The summed E-state index contributed by atoms with van der Waals surface area (Å²) in [4.78, 5) is 8.11. The monoisotopic (exact) mass is 196 g/mol. The highest BCUT2D eigenvalue weighted by atomic mass is 16.5. The van der Waals surface area contributed by atoms with Gasteiger partial charge in [0.2, 0.25) is 5.88 Å². The summed E-state index contributed by atoms with van der Waals surface area (Å²) in [5.74, 6) is 0.430. The molecule has 78 valence electrons. The number of nitrogens with zero attached hydrogens (tertiary/aromatic N) is 2. The quantitative estimate of drug-likeness (QED) is 0.792. The van der Waals surface area contributed by atoms with Gasteiger partial charge in [-0.15, -0.1) is 0 Å². The molecule has 0 saturated heterocycles. The lowest BCUT2D eigenvalue weighted by Crippen LogP contribution is -2.30. The minimum Gasteiger partial charge on any atom is -0.480 e. The van der Waals surface area contributed by atoms with Gasteiger partial charge in [-0.2, -0.15) is 0 Å². The normalized spacial score (nSPS) is 15.3. The number of aliphatic hydroxyl groups is 1. The lowest BCUT2D eigenvalue weighted by atomic mass is 9.89. The zero-order valence-corrected chi connectivity index (χ0v) is 8.98. The second kappa shape index (κ2) is 3.92. The van der Waals surface area contributed by atoms with Gasteiger partial charge in [-0.25, -0.2) is 4.98 Å². The zero-order valence-electron chi connectivity index (χ0n) is 8.98. The van der Waals surface area contributed by atoms with Crippen LogP contribution in [-0.2, 0) is 5.60 Å². The highest BCUT2D eigenvalue weighted by Crippen LogP contribution is 2.31. The third-order valence-electron chi connectivity index (χ3n) is 2.46. The van der Waals surface area contributed by atoms with Gasteiger partial charge in [0.25, 0.3) is 0 Å². The van der Waals surface area contributed by atoms with E-state index in [0.29, 0.717) is 11.6 Å². The Labute approximate surface area is 84.0 Å². The van der Waals surface area contributed by atoms with E-state index in [0.717, 1.165) is 0 Å². The Morgan fingerprint density at radius 2 is 1.93 bits per heavy atom.